The van der Waals surface area contributed by atoms with Crippen molar-refractivity contribution in [1.29, 1.82) is 0 Å². The Kier molecular flexibility index (Phi) is 23.1. The summed E-state index contributed by atoms with van der Waals surface area (Å²) in [6.07, 6.45) is 22.8. The van der Waals surface area contributed by atoms with Gasteiger partial charge in [0.25, 0.3) is 0 Å². The van der Waals surface area contributed by atoms with E-state index in [4.69, 9.17) is 9.47 Å². The highest BCUT2D eigenvalue weighted by molar-refractivity contribution is 5.78. The van der Waals surface area contributed by atoms with Crippen LogP contribution < -0.4 is 0 Å². The van der Waals surface area contributed by atoms with Crippen LogP contribution in [0.1, 0.15) is 154 Å². The summed E-state index contributed by atoms with van der Waals surface area (Å²) in [5, 5.41) is 0. The molecule has 0 aliphatic rings. The van der Waals surface area contributed by atoms with Gasteiger partial charge < -0.3 is 9.47 Å². The van der Waals surface area contributed by atoms with Gasteiger partial charge in [-0.05, 0) is 51.0 Å². The van der Waals surface area contributed by atoms with Crippen LogP contribution in [0.15, 0.2) is 30.3 Å². The zero-order valence-corrected chi connectivity index (χ0v) is 24.9. The molecule has 1 rings (SSSR count). The van der Waals surface area contributed by atoms with Crippen molar-refractivity contribution in [2.24, 2.45) is 0 Å². The highest BCUT2D eigenvalue weighted by atomic mass is 16.5. The molecular weight excluding hydrogens is 472 g/mol. The summed E-state index contributed by atoms with van der Waals surface area (Å²) >= 11 is 0. The molecule has 0 amide bonds. The number of hydrogen-bond acceptors (Lipinski definition) is 4. The van der Waals surface area contributed by atoms with Gasteiger partial charge >= 0.3 is 5.97 Å². The molecule has 4 nitrogen and oxygen atoms in total. The average Bonchev–Trinajstić information content (AvgIpc) is 2.91. The second-order valence-corrected chi connectivity index (χ2v) is 11.1. The van der Waals surface area contributed by atoms with E-state index in [0.717, 1.165) is 70.8 Å². The smallest absolute Gasteiger partial charge is 0.306 e. The van der Waals surface area contributed by atoms with Crippen LogP contribution in [0.4, 0.5) is 0 Å². The van der Waals surface area contributed by atoms with Gasteiger partial charge in [-0.15, -0.1) is 0 Å². The van der Waals surface area contributed by atoms with E-state index in [9.17, 15) is 9.59 Å². The molecule has 1 aromatic carbocycles. The van der Waals surface area contributed by atoms with Crippen molar-refractivity contribution in [3.05, 3.63) is 35.9 Å². The molecule has 1 atom stereocenters. The largest absolute Gasteiger partial charge is 0.463 e. The molecule has 0 heterocycles. The van der Waals surface area contributed by atoms with Crippen LogP contribution in [-0.4, -0.2) is 24.5 Å². The normalized spacial score (nSPS) is 11.9. The molecule has 0 N–H and O–H groups in total. The second kappa shape index (κ2) is 25.6. The molecule has 0 aromatic heterocycles. The Labute approximate surface area is 234 Å². The summed E-state index contributed by atoms with van der Waals surface area (Å²) in [5.41, 5.74) is 1.24. The molecule has 0 fully saturated rings. The molecule has 0 aliphatic carbocycles. The van der Waals surface area contributed by atoms with Gasteiger partial charge in [0.1, 0.15) is 5.78 Å². The fourth-order valence-corrected chi connectivity index (χ4v) is 4.80. The van der Waals surface area contributed by atoms with Crippen LogP contribution in [0.2, 0.25) is 0 Å². The Morgan fingerprint density at radius 3 is 1.79 bits per heavy atom. The topological polar surface area (TPSA) is 52.6 Å². The van der Waals surface area contributed by atoms with E-state index >= 15 is 0 Å². The number of Topliss-reactive ketones (excluding diaryl/α,β-unsaturated/α-hetero) is 1. The molecule has 0 aliphatic heterocycles. The van der Waals surface area contributed by atoms with E-state index in [1.807, 2.05) is 25.1 Å². The molecule has 0 saturated heterocycles. The standard InChI is InChI=1S/C34H58O4/c1-3-4-5-16-23-31(2)38-34(36)28-21-13-8-6-7-11-19-26-33(35)27-20-12-9-10-14-22-29-37-30-32-24-17-15-18-25-32/h15,17-18,24-25,31H,3-14,16,19-23,26-30H2,1-2H3. The van der Waals surface area contributed by atoms with Gasteiger partial charge in [-0.1, -0.05) is 114 Å². The highest BCUT2D eigenvalue weighted by Gasteiger charge is 2.09. The molecule has 0 spiro atoms. The summed E-state index contributed by atoms with van der Waals surface area (Å²) in [5.74, 6) is 0.410. The quantitative estimate of drug-likeness (QED) is 0.0838. The fraction of sp³-hybridized carbons (Fsp3) is 0.765. The van der Waals surface area contributed by atoms with Gasteiger partial charge in [0.2, 0.25) is 0 Å². The van der Waals surface area contributed by atoms with Gasteiger partial charge in [0, 0.05) is 25.9 Å². The lowest BCUT2D eigenvalue weighted by Crippen LogP contribution is -2.14. The van der Waals surface area contributed by atoms with Crippen molar-refractivity contribution in [3.63, 3.8) is 0 Å². The zero-order valence-electron chi connectivity index (χ0n) is 24.9. The number of ether oxygens (including phenoxy) is 2. The number of esters is 1. The Balaban J connectivity index is 1.78. The first-order chi connectivity index (χ1) is 18.6. The summed E-state index contributed by atoms with van der Waals surface area (Å²) in [6.45, 7) is 5.77. The summed E-state index contributed by atoms with van der Waals surface area (Å²) in [4.78, 5) is 24.0. The van der Waals surface area contributed by atoms with Crippen LogP contribution in [-0.2, 0) is 25.7 Å². The van der Waals surface area contributed by atoms with E-state index in [1.165, 1.54) is 69.8 Å². The van der Waals surface area contributed by atoms with Crippen molar-refractivity contribution >= 4 is 11.8 Å². The Morgan fingerprint density at radius 2 is 1.18 bits per heavy atom. The summed E-state index contributed by atoms with van der Waals surface area (Å²) < 4.78 is 11.2. The third-order valence-electron chi connectivity index (χ3n) is 7.24. The molecule has 0 saturated carbocycles. The average molecular weight is 531 g/mol. The van der Waals surface area contributed by atoms with E-state index in [2.05, 4.69) is 19.1 Å². The van der Waals surface area contributed by atoms with Crippen LogP contribution in [0.3, 0.4) is 0 Å². The van der Waals surface area contributed by atoms with Crippen LogP contribution in [0, 0.1) is 0 Å². The first-order valence-corrected chi connectivity index (χ1v) is 15.9. The molecule has 0 radical (unpaired) electrons. The van der Waals surface area contributed by atoms with Crippen molar-refractivity contribution < 1.29 is 19.1 Å². The molecule has 0 bridgehead atoms. The number of benzene rings is 1. The minimum Gasteiger partial charge on any atom is -0.463 e. The Morgan fingerprint density at radius 1 is 0.658 bits per heavy atom. The third-order valence-corrected chi connectivity index (χ3v) is 7.24. The lowest BCUT2D eigenvalue weighted by Gasteiger charge is -2.13. The minimum absolute atomic E-state index is 0.0318. The summed E-state index contributed by atoms with van der Waals surface area (Å²) in [6, 6.07) is 10.3. The van der Waals surface area contributed by atoms with Gasteiger partial charge in [0.15, 0.2) is 0 Å². The Hall–Kier alpha value is -1.68. The van der Waals surface area contributed by atoms with E-state index < -0.39 is 0 Å². The van der Waals surface area contributed by atoms with Crippen LogP contribution in [0.5, 0.6) is 0 Å². The molecule has 38 heavy (non-hydrogen) atoms. The fourth-order valence-electron chi connectivity index (χ4n) is 4.80. The third kappa shape index (κ3) is 22.3. The molecule has 218 valence electrons. The maximum absolute atomic E-state index is 12.1. The number of ketones is 1. The number of rotatable bonds is 27. The number of hydrogen-bond donors (Lipinski definition) is 0. The molecule has 4 heteroatoms. The van der Waals surface area contributed by atoms with Crippen LogP contribution in [0.25, 0.3) is 0 Å². The van der Waals surface area contributed by atoms with Gasteiger partial charge in [0.05, 0.1) is 12.7 Å². The highest BCUT2D eigenvalue weighted by Crippen LogP contribution is 2.14. The minimum atomic E-state index is -0.0318. The van der Waals surface area contributed by atoms with Crippen molar-refractivity contribution in [2.45, 2.75) is 161 Å². The van der Waals surface area contributed by atoms with Crippen molar-refractivity contribution in [2.75, 3.05) is 6.61 Å². The maximum atomic E-state index is 12.1. The number of carbonyl (C=O) groups excluding carboxylic acids is 2. The predicted molar refractivity (Wildman–Crippen MR) is 159 cm³/mol. The SMILES string of the molecule is CCCCCCC(C)OC(=O)CCCCCCCCCC(=O)CCCCCCCCOCc1ccccc1. The zero-order chi connectivity index (χ0) is 27.5. The monoisotopic (exact) mass is 530 g/mol. The van der Waals surface area contributed by atoms with Gasteiger partial charge in [-0.3, -0.25) is 9.59 Å². The van der Waals surface area contributed by atoms with Crippen molar-refractivity contribution in [3.8, 4) is 0 Å². The van der Waals surface area contributed by atoms with Gasteiger partial charge in [-0.2, -0.15) is 0 Å². The number of carbonyl (C=O) groups is 2. The molecule has 1 aromatic rings. The maximum Gasteiger partial charge on any atom is 0.306 e. The van der Waals surface area contributed by atoms with Crippen molar-refractivity contribution in [1.82, 2.24) is 0 Å². The predicted octanol–water partition coefficient (Wildman–Crippen LogP) is 9.92. The first-order valence-electron chi connectivity index (χ1n) is 15.9. The van der Waals surface area contributed by atoms with E-state index in [-0.39, 0.29) is 12.1 Å². The van der Waals surface area contributed by atoms with E-state index in [0.29, 0.717) is 18.8 Å². The second-order valence-electron chi connectivity index (χ2n) is 11.1. The first kappa shape index (κ1) is 34.3. The lowest BCUT2D eigenvalue weighted by molar-refractivity contribution is -0.148. The van der Waals surface area contributed by atoms with Crippen LogP contribution >= 0.6 is 0 Å². The Bertz CT molecular complexity index is 672. The lowest BCUT2D eigenvalue weighted by atomic mass is 10.0. The molecular formula is C34H58O4. The van der Waals surface area contributed by atoms with E-state index in [1.54, 1.807) is 0 Å². The summed E-state index contributed by atoms with van der Waals surface area (Å²) in [7, 11) is 0. The number of unbranched alkanes of at least 4 members (excludes halogenated alkanes) is 14. The van der Waals surface area contributed by atoms with Gasteiger partial charge in [-0.25, -0.2) is 0 Å². The molecule has 1 unspecified atom stereocenters.